The molecule has 3 nitrogen and oxygen atoms in total. The Balaban J connectivity index is 1.03. The molecule has 10 rings (SSSR count). The third-order valence-electron chi connectivity index (χ3n) is 10.2. The number of aromatic nitrogens is 1. The van der Waals surface area contributed by atoms with Crippen molar-refractivity contribution in [3.63, 3.8) is 0 Å². The van der Waals surface area contributed by atoms with Crippen molar-refractivity contribution >= 4 is 44.8 Å². The second kappa shape index (κ2) is 12.9. The van der Waals surface area contributed by atoms with Crippen molar-refractivity contribution in [3.05, 3.63) is 206 Å². The number of hydrogen-bond acceptors (Lipinski definition) is 2. The maximum atomic E-state index is 6.70. The molecule has 0 amide bonds. The Kier molecular flexibility index (Phi) is 7.47. The fraction of sp³-hybridized carbons (Fsp3) is 0. The molecule has 0 bridgehead atoms. The van der Waals surface area contributed by atoms with Crippen LogP contribution in [-0.4, -0.2) is 4.40 Å². The Morgan fingerprint density at radius 2 is 0.755 bits per heavy atom. The lowest BCUT2D eigenvalue weighted by molar-refractivity contribution is 0.658. The van der Waals surface area contributed by atoms with Crippen molar-refractivity contribution in [3.8, 4) is 44.5 Å². The van der Waals surface area contributed by atoms with Gasteiger partial charge < -0.3 is 9.32 Å². The van der Waals surface area contributed by atoms with Crippen LogP contribution in [0.25, 0.3) is 72.2 Å². The summed E-state index contributed by atoms with van der Waals surface area (Å²) in [6, 6.07) is 73.2. The Morgan fingerprint density at radius 3 is 1.28 bits per heavy atom. The molecule has 10 aromatic rings. The van der Waals surface area contributed by atoms with Gasteiger partial charge in [0.15, 0.2) is 5.58 Å². The number of hydrogen-bond donors (Lipinski definition) is 0. The molecular formula is C50H34N2O. The zero-order valence-corrected chi connectivity index (χ0v) is 28.9. The first-order chi connectivity index (χ1) is 26.3. The van der Waals surface area contributed by atoms with E-state index in [1.165, 1.54) is 27.6 Å². The monoisotopic (exact) mass is 678 g/mol. The fourth-order valence-corrected chi connectivity index (χ4v) is 7.62. The first kappa shape index (κ1) is 30.7. The average Bonchev–Trinajstić information content (AvgIpc) is 3.77. The Bertz CT molecular complexity index is 2750. The molecule has 0 aliphatic rings. The predicted molar refractivity (Wildman–Crippen MR) is 221 cm³/mol. The summed E-state index contributed by atoms with van der Waals surface area (Å²) in [4.78, 5) is 2.32. The van der Waals surface area contributed by atoms with Crippen molar-refractivity contribution in [2.24, 2.45) is 0 Å². The SMILES string of the molecule is c1ccc(-c2ccc(N(c3ccc(-c4ccccc4)cc3)c3ccc(-c4ccc5c(c4)oc4c(-c6ccccc6)c6ccccc6n45)cc3)cc2)cc1. The Morgan fingerprint density at radius 1 is 0.340 bits per heavy atom. The smallest absolute Gasteiger partial charge is 0.213 e. The topological polar surface area (TPSA) is 20.8 Å². The van der Waals surface area contributed by atoms with E-state index in [9.17, 15) is 0 Å². The molecule has 2 aromatic heterocycles. The van der Waals surface area contributed by atoms with Gasteiger partial charge in [-0.15, -0.1) is 0 Å². The van der Waals surface area contributed by atoms with Gasteiger partial charge in [0.05, 0.1) is 16.6 Å². The van der Waals surface area contributed by atoms with Crippen molar-refractivity contribution in [1.29, 1.82) is 0 Å². The Labute approximate surface area is 308 Å². The van der Waals surface area contributed by atoms with Gasteiger partial charge in [0, 0.05) is 22.4 Å². The fourth-order valence-electron chi connectivity index (χ4n) is 7.62. The van der Waals surface area contributed by atoms with E-state index in [-0.39, 0.29) is 0 Å². The van der Waals surface area contributed by atoms with E-state index in [0.717, 1.165) is 61.6 Å². The summed E-state index contributed by atoms with van der Waals surface area (Å²) >= 11 is 0. The number of para-hydroxylation sites is 1. The summed E-state index contributed by atoms with van der Waals surface area (Å²) in [5, 5.41) is 1.19. The highest BCUT2D eigenvalue weighted by molar-refractivity contribution is 6.07. The van der Waals surface area contributed by atoms with E-state index < -0.39 is 0 Å². The molecule has 0 saturated heterocycles. The summed E-state index contributed by atoms with van der Waals surface area (Å²) in [6.07, 6.45) is 0. The average molecular weight is 679 g/mol. The molecule has 250 valence electrons. The second-order valence-corrected chi connectivity index (χ2v) is 13.4. The van der Waals surface area contributed by atoms with Gasteiger partial charge in [-0.3, -0.25) is 4.40 Å². The van der Waals surface area contributed by atoms with Crippen molar-refractivity contribution in [2.75, 3.05) is 4.90 Å². The molecule has 0 aliphatic carbocycles. The minimum Gasteiger partial charge on any atom is -0.438 e. The molecule has 0 unspecified atom stereocenters. The van der Waals surface area contributed by atoms with Crippen LogP contribution >= 0.6 is 0 Å². The zero-order valence-electron chi connectivity index (χ0n) is 28.9. The summed E-state index contributed by atoms with van der Waals surface area (Å²) in [7, 11) is 0. The molecule has 53 heavy (non-hydrogen) atoms. The number of anilines is 3. The summed E-state index contributed by atoms with van der Waals surface area (Å²) in [6.45, 7) is 0. The van der Waals surface area contributed by atoms with Gasteiger partial charge in [-0.1, -0.05) is 152 Å². The minimum absolute atomic E-state index is 0.864. The molecule has 0 spiro atoms. The number of benzene rings is 8. The van der Waals surface area contributed by atoms with Crippen LogP contribution in [-0.2, 0) is 0 Å². The standard InChI is InChI=1S/C50H34N2O/c1-4-12-35(13-5-1)37-20-27-42(28-21-37)51(43-29-22-38(23-30-43)36-14-6-2-7-15-36)44-31-24-39(25-32-44)41-26-33-47-48(34-41)53-50-49(40-16-8-3-9-17-40)45-18-10-11-19-46(45)52(47)50/h1-34H. The van der Waals surface area contributed by atoms with Crippen molar-refractivity contribution in [2.45, 2.75) is 0 Å². The largest absolute Gasteiger partial charge is 0.438 e. The lowest BCUT2D eigenvalue weighted by Crippen LogP contribution is -2.09. The zero-order chi connectivity index (χ0) is 35.1. The van der Waals surface area contributed by atoms with Crippen LogP contribution in [0.4, 0.5) is 17.1 Å². The maximum Gasteiger partial charge on any atom is 0.213 e. The van der Waals surface area contributed by atoms with E-state index in [1.54, 1.807) is 0 Å². The van der Waals surface area contributed by atoms with Crippen molar-refractivity contribution in [1.82, 2.24) is 4.40 Å². The van der Waals surface area contributed by atoms with Crippen LogP contribution in [0.1, 0.15) is 0 Å². The van der Waals surface area contributed by atoms with E-state index in [2.05, 4.69) is 216 Å². The molecule has 2 heterocycles. The number of rotatable bonds is 7. The van der Waals surface area contributed by atoms with E-state index in [0.29, 0.717) is 0 Å². The van der Waals surface area contributed by atoms with Gasteiger partial charge in [0.2, 0.25) is 5.71 Å². The predicted octanol–water partition coefficient (Wildman–Crippen LogP) is 14.0. The molecule has 0 aliphatic heterocycles. The molecule has 0 atom stereocenters. The van der Waals surface area contributed by atoms with Gasteiger partial charge >= 0.3 is 0 Å². The first-order valence-electron chi connectivity index (χ1n) is 18.0. The lowest BCUT2D eigenvalue weighted by atomic mass is 10.0. The summed E-state index contributed by atoms with van der Waals surface area (Å²) in [5.41, 5.74) is 16.5. The summed E-state index contributed by atoms with van der Waals surface area (Å²) < 4.78 is 8.95. The maximum absolute atomic E-state index is 6.70. The van der Waals surface area contributed by atoms with Gasteiger partial charge in [-0.25, -0.2) is 0 Å². The molecule has 0 radical (unpaired) electrons. The van der Waals surface area contributed by atoms with E-state index >= 15 is 0 Å². The van der Waals surface area contributed by atoms with Gasteiger partial charge in [-0.2, -0.15) is 0 Å². The normalized spacial score (nSPS) is 11.4. The van der Waals surface area contributed by atoms with Crippen LogP contribution in [0, 0.1) is 0 Å². The molecule has 3 heteroatoms. The minimum atomic E-state index is 0.864. The van der Waals surface area contributed by atoms with E-state index in [4.69, 9.17) is 4.42 Å². The van der Waals surface area contributed by atoms with Crippen LogP contribution in [0.5, 0.6) is 0 Å². The van der Waals surface area contributed by atoms with Crippen LogP contribution in [0.15, 0.2) is 211 Å². The molecule has 0 N–H and O–H groups in total. The van der Waals surface area contributed by atoms with Crippen molar-refractivity contribution < 1.29 is 4.42 Å². The molecule has 0 saturated carbocycles. The van der Waals surface area contributed by atoms with Crippen LogP contribution in [0.3, 0.4) is 0 Å². The molecule has 8 aromatic carbocycles. The van der Waals surface area contributed by atoms with Gasteiger partial charge in [0.25, 0.3) is 0 Å². The second-order valence-electron chi connectivity index (χ2n) is 13.4. The van der Waals surface area contributed by atoms with Gasteiger partial charge in [-0.05, 0) is 93.5 Å². The highest BCUT2D eigenvalue weighted by atomic mass is 16.3. The van der Waals surface area contributed by atoms with Gasteiger partial charge in [0.1, 0.15) is 0 Å². The van der Waals surface area contributed by atoms with E-state index in [1.807, 2.05) is 0 Å². The third kappa shape index (κ3) is 5.47. The lowest BCUT2D eigenvalue weighted by Gasteiger charge is -2.26. The van der Waals surface area contributed by atoms with Crippen LogP contribution < -0.4 is 4.90 Å². The number of fused-ring (bicyclic) bond motifs is 5. The number of nitrogens with zero attached hydrogens (tertiary/aromatic N) is 2. The van der Waals surface area contributed by atoms with Crippen LogP contribution in [0.2, 0.25) is 0 Å². The highest BCUT2D eigenvalue weighted by Gasteiger charge is 2.20. The molecule has 0 fully saturated rings. The Hall–Kier alpha value is -7.10. The number of oxazole rings is 1. The quantitative estimate of drug-likeness (QED) is 0.167. The first-order valence-corrected chi connectivity index (χ1v) is 18.0. The third-order valence-corrected chi connectivity index (χ3v) is 10.2. The summed E-state index contributed by atoms with van der Waals surface area (Å²) in [5.74, 6) is 0. The highest BCUT2D eigenvalue weighted by Crippen LogP contribution is 2.41. The molecular weight excluding hydrogens is 645 g/mol.